The van der Waals surface area contributed by atoms with Gasteiger partial charge in [0.2, 0.25) is 5.91 Å². The van der Waals surface area contributed by atoms with Crippen LogP contribution < -0.4 is 4.74 Å². The first-order valence-electron chi connectivity index (χ1n) is 8.29. The van der Waals surface area contributed by atoms with Gasteiger partial charge in [0.25, 0.3) is 0 Å². The van der Waals surface area contributed by atoms with Crippen molar-refractivity contribution in [3.05, 3.63) is 29.8 Å². The van der Waals surface area contributed by atoms with Crippen LogP contribution in [-0.4, -0.2) is 48.8 Å². The van der Waals surface area contributed by atoms with E-state index in [2.05, 4.69) is 0 Å². The Morgan fingerprint density at radius 3 is 2.70 bits per heavy atom. The van der Waals surface area contributed by atoms with Crippen LogP contribution in [0.15, 0.2) is 24.3 Å². The molecule has 1 atom stereocenters. The van der Waals surface area contributed by atoms with E-state index in [0.717, 1.165) is 30.7 Å². The van der Waals surface area contributed by atoms with Crippen molar-refractivity contribution in [1.29, 1.82) is 0 Å². The SMILES string of the molecule is COc1ccc(COCCCC(=O)N2CC(O)C3(CC3)C2)cc1. The van der Waals surface area contributed by atoms with Gasteiger partial charge in [-0.25, -0.2) is 0 Å². The molecule has 1 aromatic carbocycles. The normalized spacial score (nSPS) is 21.7. The lowest BCUT2D eigenvalue weighted by Crippen LogP contribution is -2.29. The number of likely N-dealkylation sites (tertiary alicyclic amines) is 1. The zero-order valence-corrected chi connectivity index (χ0v) is 13.7. The third-order valence-corrected chi connectivity index (χ3v) is 4.96. The summed E-state index contributed by atoms with van der Waals surface area (Å²) < 4.78 is 10.7. The van der Waals surface area contributed by atoms with Crippen molar-refractivity contribution in [3.63, 3.8) is 0 Å². The Labute approximate surface area is 137 Å². The van der Waals surface area contributed by atoms with Crippen LogP contribution in [0.1, 0.15) is 31.2 Å². The van der Waals surface area contributed by atoms with Crippen LogP contribution in [-0.2, 0) is 16.1 Å². The highest BCUT2D eigenvalue weighted by molar-refractivity contribution is 5.76. The smallest absolute Gasteiger partial charge is 0.222 e. The van der Waals surface area contributed by atoms with Gasteiger partial charge in [-0.3, -0.25) is 4.79 Å². The number of aliphatic hydroxyl groups excluding tert-OH is 1. The maximum absolute atomic E-state index is 12.2. The van der Waals surface area contributed by atoms with Crippen LogP contribution in [0.25, 0.3) is 0 Å². The maximum atomic E-state index is 12.2. The summed E-state index contributed by atoms with van der Waals surface area (Å²) in [5.41, 5.74) is 1.14. The monoisotopic (exact) mass is 319 g/mol. The van der Waals surface area contributed by atoms with Crippen molar-refractivity contribution < 1.29 is 19.4 Å². The van der Waals surface area contributed by atoms with Gasteiger partial charge in [-0.2, -0.15) is 0 Å². The highest BCUT2D eigenvalue weighted by Crippen LogP contribution is 2.52. The zero-order chi connectivity index (χ0) is 16.3. The summed E-state index contributed by atoms with van der Waals surface area (Å²) in [5.74, 6) is 0.974. The number of rotatable bonds is 7. The van der Waals surface area contributed by atoms with Crippen molar-refractivity contribution in [2.24, 2.45) is 5.41 Å². The Hall–Kier alpha value is -1.59. The van der Waals surface area contributed by atoms with Gasteiger partial charge in [0.1, 0.15) is 5.75 Å². The number of β-amino-alcohol motifs (C(OH)–C–C–N with tert-alkyl or cyclic N) is 1. The molecular weight excluding hydrogens is 294 g/mol. The molecule has 1 amide bonds. The van der Waals surface area contributed by atoms with E-state index in [0.29, 0.717) is 32.6 Å². The predicted molar refractivity (Wildman–Crippen MR) is 86.1 cm³/mol. The van der Waals surface area contributed by atoms with Crippen LogP contribution in [0.3, 0.4) is 0 Å². The molecule has 1 aliphatic carbocycles. The van der Waals surface area contributed by atoms with Gasteiger partial charge in [-0.05, 0) is 37.0 Å². The zero-order valence-electron chi connectivity index (χ0n) is 13.7. The molecule has 1 unspecified atom stereocenters. The van der Waals surface area contributed by atoms with Gasteiger partial charge < -0.3 is 19.5 Å². The fraction of sp³-hybridized carbons (Fsp3) is 0.611. The summed E-state index contributed by atoms with van der Waals surface area (Å²) in [6.45, 7) is 2.36. The van der Waals surface area contributed by atoms with E-state index in [1.54, 1.807) is 7.11 Å². The lowest BCUT2D eigenvalue weighted by molar-refractivity contribution is -0.131. The molecule has 0 radical (unpaired) electrons. The van der Waals surface area contributed by atoms with Gasteiger partial charge in [0, 0.05) is 31.5 Å². The molecular formula is C18H25NO4. The first-order chi connectivity index (χ1) is 11.1. The summed E-state index contributed by atoms with van der Waals surface area (Å²) in [6.07, 6.45) is 3.00. The number of carbonyl (C=O) groups excluding carboxylic acids is 1. The summed E-state index contributed by atoms with van der Waals surface area (Å²) in [6, 6.07) is 7.78. The maximum Gasteiger partial charge on any atom is 0.222 e. The fourth-order valence-corrected chi connectivity index (χ4v) is 3.19. The molecule has 3 rings (SSSR count). The van der Waals surface area contributed by atoms with E-state index in [9.17, 15) is 9.90 Å². The van der Waals surface area contributed by atoms with Crippen LogP contribution in [0.5, 0.6) is 5.75 Å². The number of aliphatic hydroxyl groups is 1. The number of carbonyl (C=O) groups is 1. The predicted octanol–water partition coefficient (Wildman–Crippen LogP) is 1.98. The topological polar surface area (TPSA) is 59.0 Å². The van der Waals surface area contributed by atoms with E-state index in [1.807, 2.05) is 29.2 Å². The Morgan fingerprint density at radius 1 is 1.35 bits per heavy atom. The minimum absolute atomic E-state index is 0.0422. The fourth-order valence-electron chi connectivity index (χ4n) is 3.19. The van der Waals surface area contributed by atoms with Crippen molar-refractivity contribution in [1.82, 2.24) is 4.90 Å². The molecule has 2 fully saturated rings. The van der Waals surface area contributed by atoms with Crippen molar-refractivity contribution in [3.8, 4) is 5.75 Å². The Kier molecular flexibility index (Phi) is 4.87. The Balaban J connectivity index is 1.31. The number of hydrogen-bond acceptors (Lipinski definition) is 4. The quantitative estimate of drug-likeness (QED) is 0.781. The standard InChI is InChI=1S/C18H25NO4/c1-22-15-6-4-14(5-7-15)12-23-10-2-3-17(21)19-11-16(20)18(13-19)8-9-18/h4-7,16,20H,2-3,8-13H2,1H3. The van der Waals surface area contributed by atoms with E-state index in [-0.39, 0.29) is 17.4 Å². The largest absolute Gasteiger partial charge is 0.497 e. The summed E-state index contributed by atoms with van der Waals surface area (Å²) in [4.78, 5) is 14.0. The number of hydrogen-bond donors (Lipinski definition) is 1. The second-order valence-electron chi connectivity index (χ2n) is 6.66. The lowest BCUT2D eigenvalue weighted by atomic mass is 10.0. The molecule has 1 spiro atoms. The second-order valence-corrected chi connectivity index (χ2v) is 6.66. The molecule has 5 heteroatoms. The van der Waals surface area contributed by atoms with Crippen molar-refractivity contribution >= 4 is 5.91 Å². The second kappa shape index (κ2) is 6.89. The molecule has 1 heterocycles. The van der Waals surface area contributed by atoms with Gasteiger partial charge in [-0.1, -0.05) is 12.1 Å². The number of methoxy groups -OCH3 is 1. The minimum atomic E-state index is -0.322. The van der Waals surface area contributed by atoms with Gasteiger partial charge in [-0.15, -0.1) is 0 Å². The van der Waals surface area contributed by atoms with E-state index < -0.39 is 0 Å². The van der Waals surface area contributed by atoms with Gasteiger partial charge in [0.05, 0.1) is 19.8 Å². The molecule has 1 aliphatic heterocycles. The molecule has 1 N–H and O–H groups in total. The van der Waals surface area contributed by atoms with E-state index in [1.165, 1.54) is 0 Å². The molecule has 1 saturated heterocycles. The minimum Gasteiger partial charge on any atom is -0.497 e. The summed E-state index contributed by atoms with van der Waals surface area (Å²) >= 11 is 0. The molecule has 0 bridgehead atoms. The highest BCUT2D eigenvalue weighted by Gasteiger charge is 2.55. The summed E-state index contributed by atoms with van der Waals surface area (Å²) in [5, 5.41) is 9.98. The molecule has 5 nitrogen and oxygen atoms in total. The van der Waals surface area contributed by atoms with Crippen molar-refractivity contribution in [2.45, 2.75) is 38.4 Å². The van der Waals surface area contributed by atoms with E-state index >= 15 is 0 Å². The number of ether oxygens (including phenoxy) is 2. The van der Waals surface area contributed by atoms with Crippen LogP contribution >= 0.6 is 0 Å². The van der Waals surface area contributed by atoms with Crippen molar-refractivity contribution in [2.75, 3.05) is 26.8 Å². The van der Waals surface area contributed by atoms with Crippen LogP contribution in [0.2, 0.25) is 0 Å². The Morgan fingerprint density at radius 2 is 2.09 bits per heavy atom. The van der Waals surface area contributed by atoms with Crippen LogP contribution in [0, 0.1) is 5.41 Å². The molecule has 23 heavy (non-hydrogen) atoms. The van der Waals surface area contributed by atoms with E-state index in [4.69, 9.17) is 9.47 Å². The third kappa shape index (κ3) is 3.85. The molecule has 1 saturated carbocycles. The average molecular weight is 319 g/mol. The molecule has 1 aromatic rings. The molecule has 126 valence electrons. The average Bonchev–Trinajstić information content (AvgIpc) is 3.27. The first kappa shape index (κ1) is 16.3. The number of amides is 1. The molecule has 0 aromatic heterocycles. The third-order valence-electron chi connectivity index (χ3n) is 4.96. The van der Waals surface area contributed by atoms with Crippen LogP contribution in [0.4, 0.5) is 0 Å². The van der Waals surface area contributed by atoms with Gasteiger partial charge >= 0.3 is 0 Å². The Bertz CT molecular complexity index is 538. The number of nitrogens with zero attached hydrogens (tertiary/aromatic N) is 1. The summed E-state index contributed by atoms with van der Waals surface area (Å²) in [7, 11) is 1.65. The highest BCUT2D eigenvalue weighted by atomic mass is 16.5. The molecule has 2 aliphatic rings. The number of benzene rings is 1. The first-order valence-corrected chi connectivity index (χ1v) is 8.29. The lowest BCUT2D eigenvalue weighted by Gasteiger charge is -2.15. The van der Waals surface area contributed by atoms with Gasteiger partial charge in [0.15, 0.2) is 0 Å².